The highest BCUT2D eigenvalue weighted by molar-refractivity contribution is 7.13. The molecule has 0 aliphatic rings. The number of carbonyl (C=O) groups excluding carboxylic acids is 1. The number of thiazole rings is 2. The average Bonchev–Trinajstić information content (AvgIpc) is 3.26. The summed E-state index contributed by atoms with van der Waals surface area (Å²) < 4.78 is 43.0. The van der Waals surface area contributed by atoms with Crippen molar-refractivity contribution in [3.05, 3.63) is 31.7 Å². The van der Waals surface area contributed by atoms with Gasteiger partial charge in [-0.1, -0.05) is 0 Å². The maximum atomic E-state index is 12.7. The van der Waals surface area contributed by atoms with Crippen LogP contribution in [0.3, 0.4) is 0 Å². The van der Waals surface area contributed by atoms with Gasteiger partial charge in [-0.25, -0.2) is 19.8 Å². The number of halogens is 3. The van der Waals surface area contributed by atoms with Crippen molar-refractivity contribution in [2.24, 2.45) is 4.99 Å². The number of rotatable bonds is 7. The number of ether oxygens (including phenoxy) is 1. The van der Waals surface area contributed by atoms with Crippen molar-refractivity contribution in [3.8, 4) is 0 Å². The highest BCUT2D eigenvalue weighted by Crippen LogP contribution is 2.30. The normalized spacial score (nSPS) is 13.3. The summed E-state index contributed by atoms with van der Waals surface area (Å²) in [6, 6.07) is -0.276. The number of alkyl halides is 3. The summed E-state index contributed by atoms with van der Waals surface area (Å²) in [5, 5.41) is 8.08. The number of aliphatic imine (C=N–C) groups is 1. The molecular weight excluding hydrogens is 427 g/mol. The fraction of sp³-hybridized carbons (Fsp3) is 0.529. The van der Waals surface area contributed by atoms with Crippen LogP contribution in [0.25, 0.3) is 0 Å². The Morgan fingerprint density at radius 1 is 1.34 bits per heavy atom. The molecule has 160 valence electrons. The lowest BCUT2D eigenvalue weighted by Crippen LogP contribution is -2.38. The van der Waals surface area contributed by atoms with Crippen LogP contribution < -0.4 is 10.6 Å². The summed E-state index contributed by atoms with van der Waals surface area (Å²) in [5.41, 5.74) is -0.328. The second kappa shape index (κ2) is 10.0. The van der Waals surface area contributed by atoms with Crippen LogP contribution in [-0.4, -0.2) is 35.0 Å². The van der Waals surface area contributed by atoms with Crippen molar-refractivity contribution in [2.75, 3.05) is 13.2 Å². The Balaban J connectivity index is 2.09. The fourth-order valence-corrected chi connectivity index (χ4v) is 3.92. The molecule has 0 saturated carbocycles. The lowest BCUT2D eigenvalue weighted by Gasteiger charge is -2.15. The maximum absolute atomic E-state index is 12.7. The van der Waals surface area contributed by atoms with Crippen LogP contribution >= 0.6 is 22.7 Å². The number of hydrogen-bond acceptors (Lipinski definition) is 7. The van der Waals surface area contributed by atoms with Crippen LogP contribution in [0, 0.1) is 6.92 Å². The molecule has 0 amide bonds. The second-order valence-corrected chi connectivity index (χ2v) is 7.85. The summed E-state index contributed by atoms with van der Waals surface area (Å²) in [6.07, 6.45) is -4.46. The van der Waals surface area contributed by atoms with E-state index in [-0.39, 0.29) is 24.2 Å². The van der Waals surface area contributed by atoms with Crippen LogP contribution in [0.4, 0.5) is 13.2 Å². The zero-order valence-corrected chi connectivity index (χ0v) is 18.0. The zero-order chi connectivity index (χ0) is 21.6. The number of nitrogens with one attached hydrogen (secondary N) is 2. The monoisotopic (exact) mass is 449 g/mol. The molecule has 0 radical (unpaired) electrons. The van der Waals surface area contributed by atoms with Gasteiger partial charge in [0.1, 0.15) is 14.9 Å². The molecular formula is C17H22F3N5O2S2. The molecule has 0 aliphatic heterocycles. The molecule has 0 aromatic carbocycles. The Labute approximate surface area is 174 Å². The van der Waals surface area contributed by atoms with E-state index in [0.717, 1.165) is 16.7 Å². The number of carbonyl (C=O) groups is 1. The molecule has 1 atom stereocenters. The van der Waals surface area contributed by atoms with Gasteiger partial charge in [0.15, 0.2) is 11.7 Å². The van der Waals surface area contributed by atoms with Crippen molar-refractivity contribution in [1.29, 1.82) is 0 Å². The number of aryl methyl sites for hydroxylation is 1. The molecule has 29 heavy (non-hydrogen) atoms. The van der Waals surface area contributed by atoms with Gasteiger partial charge in [0.05, 0.1) is 24.9 Å². The first kappa shape index (κ1) is 23.1. The zero-order valence-electron chi connectivity index (χ0n) is 16.4. The molecule has 1 unspecified atom stereocenters. The van der Waals surface area contributed by atoms with Crippen molar-refractivity contribution >= 4 is 34.6 Å². The van der Waals surface area contributed by atoms with Gasteiger partial charge in [0, 0.05) is 11.9 Å². The van der Waals surface area contributed by atoms with Crippen molar-refractivity contribution in [3.63, 3.8) is 0 Å². The van der Waals surface area contributed by atoms with Crippen LogP contribution in [0.15, 0.2) is 10.4 Å². The maximum Gasteiger partial charge on any atom is 0.434 e. The highest BCUT2D eigenvalue weighted by atomic mass is 32.1. The van der Waals surface area contributed by atoms with Gasteiger partial charge in [-0.15, -0.1) is 22.7 Å². The molecule has 0 aliphatic carbocycles. The van der Waals surface area contributed by atoms with Crippen molar-refractivity contribution < 1.29 is 22.7 Å². The number of guanidine groups is 1. The Morgan fingerprint density at radius 3 is 2.66 bits per heavy atom. The molecule has 0 spiro atoms. The third-order valence-corrected chi connectivity index (χ3v) is 5.71. The first-order valence-corrected chi connectivity index (χ1v) is 10.6. The lowest BCUT2D eigenvalue weighted by molar-refractivity contribution is -0.140. The standard InChI is InChI=1S/C17H22F3N5O2S2/c1-5-21-16(22-7-12-25-11(8-28-12)17(18,19)20)24-10(4)14-23-9(3)13(29-14)15(26)27-6-2/h8,10H,5-7H2,1-4H3,(H2,21,22,24). The van der Waals surface area contributed by atoms with Gasteiger partial charge in [-0.05, 0) is 27.7 Å². The van der Waals surface area contributed by atoms with E-state index in [2.05, 4.69) is 25.6 Å². The van der Waals surface area contributed by atoms with Gasteiger partial charge < -0.3 is 15.4 Å². The van der Waals surface area contributed by atoms with Gasteiger partial charge in [-0.2, -0.15) is 13.2 Å². The Morgan fingerprint density at radius 2 is 2.07 bits per heavy atom. The van der Waals surface area contributed by atoms with Crippen LogP contribution in [-0.2, 0) is 17.5 Å². The van der Waals surface area contributed by atoms with Crippen molar-refractivity contribution in [1.82, 2.24) is 20.6 Å². The second-order valence-electron chi connectivity index (χ2n) is 5.87. The van der Waals surface area contributed by atoms with Gasteiger partial charge in [-0.3, -0.25) is 0 Å². The van der Waals surface area contributed by atoms with Crippen LogP contribution in [0.5, 0.6) is 0 Å². The topological polar surface area (TPSA) is 88.5 Å². The van der Waals surface area contributed by atoms with Gasteiger partial charge in [0.25, 0.3) is 0 Å². The summed E-state index contributed by atoms with van der Waals surface area (Å²) in [6.45, 7) is 8.05. The minimum atomic E-state index is -4.46. The molecule has 7 nitrogen and oxygen atoms in total. The van der Waals surface area contributed by atoms with E-state index in [1.807, 2.05) is 13.8 Å². The fourth-order valence-electron chi connectivity index (χ4n) is 2.24. The van der Waals surface area contributed by atoms with E-state index in [1.165, 1.54) is 11.3 Å². The smallest absolute Gasteiger partial charge is 0.434 e. The van der Waals surface area contributed by atoms with E-state index >= 15 is 0 Å². The molecule has 2 rings (SSSR count). The average molecular weight is 450 g/mol. The Kier molecular flexibility index (Phi) is 7.96. The van der Waals surface area contributed by atoms with E-state index in [9.17, 15) is 18.0 Å². The number of esters is 1. The molecule has 2 aromatic heterocycles. The molecule has 0 fully saturated rings. The SMILES string of the molecule is CCNC(=NCc1nc(C(F)(F)F)cs1)NC(C)c1nc(C)c(C(=O)OCC)s1. The first-order chi connectivity index (χ1) is 13.7. The van der Waals surface area contributed by atoms with E-state index < -0.39 is 17.8 Å². The summed E-state index contributed by atoms with van der Waals surface area (Å²) in [7, 11) is 0. The predicted octanol–water partition coefficient (Wildman–Crippen LogP) is 3.92. The summed E-state index contributed by atoms with van der Waals surface area (Å²) >= 11 is 2.14. The largest absolute Gasteiger partial charge is 0.462 e. The third-order valence-electron chi connectivity index (χ3n) is 3.56. The predicted molar refractivity (Wildman–Crippen MR) is 106 cm³/mol. The Hall–Kier alpha value is -2.21. The van der Waals surface area contributed by atoms with E-state index in [0.29, 0.717) is 28.1 Å². The van der Waals surface area contributed by atoms with E-state index in [1.54, 1.807) is 13.8 Å². The minimum absolute atomic E-state index is 0.00771. The molecule has 12 heteroatoms. The molecule has 0 bridgehead atoms. The number of aromatic nitrogens is 2. The lowest BCUT2D eigenvalue weighted by atomic mass is 10.3. The number of nitrogens with zero attached hydrogens (tertiary/aromatic N) is 3. The van der Waals surface area contributed by atoms with E-state index in [4.69, 9.17) is 4.74 Å². The minimum Gasteiger partial charge on any atom is -0.462 e. The third kappa shape index (κ3) is 6.39. The first-order valence-electron chi connectivity index (χ1n) is 8.86. The van der Waals surface area contributed by atoms with Crippen LogP contribution in [0.1, 0.15) is 57.9 Å². The highest BCUT2D eigenvalue weighted by Gasteiger charge is 2.33. The van der Waals surface area contributed by atoms with Crippen molar-refractivity contribution in [2.45, 2.75) is 46.5 Å². The number of hydrogen-bond donors (Lipinski definition) is 2. The quantitative estimate of drug-likeness (QED) is 0.378. The molecule has 2 N–H and O–H groups in total. The molecule has 2 heterocycles. The van der Waals surface area contributed by atoms with Gasteiger partial charge >= 0.3 is 12.1 Å². The van der Waals surface area contributed by atoms with Crippen LogP contribution in [0.2, 0.25) is 0 Å². The molecule has 0 saturated heterocycles. The molecule has 2 aromatic rings. The van der Waals surface area contributed by atoms with Gasteiger partial charge in [0.2, 0.25) is 0 Å². The summed E-state index contributed by atoms with van der Waals surface area (Å²) in [5.74, 6) is 0.0000545. The summed E-state index contributed by atoms with van der Waals surface area (Å²) in [4.78, 5) is 24.7. The Bertz CT molecular complexity index is 864.